The predicted molar refractivity (Wildman–Crippen MR) is 89.6 cm³/mol. The molecule has 1 saturated heterocycles. The number of halogens is 1. The standard InChI is InChI=1S/C15H23BrN2O2S/c1-10(2)12-4-6-18(7-5-12)21(19,20)15-9-13(16)8-14(17)11(15)3/h8-10,12H,4-7,17H2,1-3H3. The number of hydrogen-bond acceptors (Lipinski definition) is 3. The minimum Gasteiger partial charge on any atom is -0.398 e. The first-order valence-electron chi connectivity index (χ1n) is 7.29. The van der Waals surface area contributed by atoms with Crippen molar-refractivity contribution in [3.8, 4) is 0 Å². The Morgan fingerprint density at radius 3 is 2.38 bits per heavy atom. The van der Waals surface area contributed by atoms with Crippen LogP contribution in [-0.4, -0.2) is 25.8 Å². The summed E-state index contributed by atoms with van der Waals surface area (Å²) < 4.78 is 28.0. The maximum atomic E-state index is 12.8. The van der Waals surface area contributed by atoms with Gasteiger partial charge in [-0.1, -0.05) is 29.8 Å². The van der Waals surface area contributed by atoms with Crippen LogP contribution in [0, 0.1) is 18.8 Å². The number of hydrogen-bond donors (Lipinski definition) is 1. The molecule has 1 aromatic carbocycles. The third-order valence-corrected chi connectivity index (χ3v) is 6.91. The molecule has 4 nitrogen and oxygen atoms in total. The summed E-state index contributed by atoms with van der Waals surface area (Å²) >= 11 is 3.33. The van der Waals surface area contributed by atoms with Crippen LogP contribution in [0.1, 0.15) is 32.3 Å². The van der Waals surface area contributed by atoms with Gasteiger partial charge in [-0.3, -0.25) is 0 Å². The topological polar surface area (TPSA) is 63.4 Å². The van der Waals surface area contributed by atoms with Gasteiger partial charge in [-0.15, -0.1) is 0 Å². The van der Waals surface area contributed by atoms with E-state index in [0.717, 1.165) is 12.8 Å². The zero-order valence-electron chi connectivity index (χ0n) is 12.8. The third kappa shape index (κ3) is 3.43. The number of nitrogen functional groups attached to an aromatic ring is 1. The fourth-order valence-corrected chi connectivity index (χ4v) is 5.24. The molecule has 1 fully saturated rings. The molecule has 0 radical (unpaired) electrons. The monoisotopic (exact) mass is 374 g/mol. The Balaban J connectivity index is 2.28. The molecular weight excluding hydrogens is 352 g/mol. The van der Waals surface area contributed by atoms with Gasteiger partial charge in [0.05, 0.1) is 4.90 Å². The summed E-state index contributed by atoms with van der Waals surface area (Å²) in [6.45, 7) is 7.35. The lowest BCUT2D eigenvalue weighted by Gasteiger charge is -2.33. The van der Waals surface area contributed by atoms with Crippen LogP contribution in [-0.2, 0) is 10.0 Å². The highest BCUT2D eigenvalue weighted by molar-refractivity contribution is 9.10. The largest absolute Gasteiger partial charge is 0.398 e. The van der Waals surface area contributed by atoms with E-state index >= 15 is 0 Å². The molecule has 1 heterocycles. The number of nitrogens with zero attached hydrogens (tertiary/aromatic N) is 1. The molecule has 1 aromatic rings. The quantitative estimate of drug-likeness (QED) is 0.824. The molecule has 0 spiro atoms. The minimum atomic E-state index is -3.46. The summed E-state index contributed by atoms with van der Waals surface area (Å²) in [6, 6.07) is 3.38. The Hall–Kier alpha value is -0.590. The van der Waals surface area contributed by atoms with Gasteiger partial charge in [0.2, 0.25) is 10.0 Å². The first kappa shape index (κ1) is 16.8. The van der Waals surface area contributed by atoms with Crippen LogP contribution in [0.4, 0.5) is 5.69 Å². The number of benzene rings is 1. The zero-order valence-corrected chi connectivity index (χ0v) is 15.2. The maximum absolute atomic E-state index is 12.8. The van der Waals surface area contributed by atoms with Crippen molar-refractivity contribution in [1.29, 1.82) is 0 Å². The normalized spacial score (nSPS) is 18.3. The van der Waals surface area contributed by atoms with Crippen molar-refractivity contribution < 1.29 is 8.42 Å². The number of rotatable bonds is 3. The Kier molecular flexibility index (Phi) is 5.00. The molecule has 21 heavy (non-hydrogen) atoms. The molecule has 1 aliphatic rings. The van der Waals surface area contributed by atoms with E-state index in [4.69, 9.17) is 5.73 Å². The SMILES string of the molecule is Cc1c(N)cc(Br)cc1S(=O)(=O)N1CCC(C(C)C)CC1. The number of anilines is 1. The summed E-state index contributed by atoms with van der Waals surface area (Å²) in [7, 11) is -3.46. The van der Waals surface area contributed by atoms with E-state index in [9.17, 15) is 8.42 Å². The summed E-state index contributed by atoms with van der Waals surface area (Å²) in [5.41, 5.74) is 7.03. The van der Waals surface area contributed by atoms with Crippen molar-refractivity contribution in [3.63, 3.8) is 0 Å². The van der Waals surface area contributed by atoms with Gasteiger partial charge in [-0.05, 0) is 49.3 Å². The second kappa shape index (κ2) is 6.26. The molecule has 0 aliphatic carbocycles. The second-order valence-electron chi connectivity index (χ2n) is 6.10. The summed E-state index contributed by atoms with van der Waals surface area (Å²) in [6.07, 6.45) is 1.86. The molecule has 0 bridgehead atoms. The highest BCUT2D eigenvalue weighted by atomic mass is 79.9. The lowest BCUT2D eigenvalue weighted by Crippen LogP contribution is -2.39. The van der Waals surface area contributed by atoms with Crippen LogP contribution >= 0.6 is 15.9 Å². The average Bonchev–Trinajstić information content (AvgIpc) is 2.42. The molecule has 6 heteroatoms. The van der Waals surface area contributed by atoms with Crippen molar-refractivity contribution in [2.45, 2.75) is 38.5 Å². The van der Waals surface area contributed by atoms with Crippen LogP contribution in [0.25, 0.3) is 0 Å². The Labute approximate surface area is 135 Å². The maximum Gasteiger partial charge on any atom is 0.243 e. The van der Waals surface area contributed by atoms with Gasteiger partial charge in [0.15, 0.2) is 0 Å². The zero-order chi connectivity index (χ0) is 15.8. The van der Waals surface area contributed by atoms with Crippen molar-refractivity contribution in [1.82, 2.24) is 4.31 Å². The van der Waals surface area contributed by atoms with E-state index in [2.05, 4.69) is 29.8 Å². The van der Waals surface area contributed by atoms with Crippen LogP contribution in [0.15, 0.2) is 21.5 Å². The fraction of sp³-hybridized carbons (Fsp3) is 0.600. The number of nitrogens with two attached hydrogens (primary N) is 1. The van der Waals surface area contributed by atoms with Gasteiger partial charge in [0.1, 0.15) is 0 Å². The third-order valence-electron chi connectivity index (χ3n) is 4.42. The first-order chi connectivity index (χ1) is 9.73. The first-order valence-corrected chi connectivity index (χ1v) is 9.52. The highest BCUT2D eigenvalue weighted by Gasteiger charge is 2.31. The molecule has 2 rings (SSSR count). The van der Waals surface area contributed by atoms with Gasteiger partial charge in [0.25, 0.3) is 0 Å². The van der Waals surface area contributed by atoms with E-state index in [1.54, 1.807) is 23.4 Å². The molecule has 2 N–H and O–H groups in total. The van der Waals surface area contributed by atoms with E-state index < -0.39 is 10.0 Å². The number of sulfonamides is 1. The minimum absolute atomic E-state index is 0.317. The molecule has 0 amide bonds. The van der Waals surface area contributed by atoms with Crippen molar-refractivity contribution in [3.05, 3.63) is 22.2 Å². The van der Waals surface area contributed by atoms with Crippen molar-refractivity contribution >= 4 is 31.6 Å². The van der Waals surface area contributed by atoms with Crippen LogP contribution in [0.3, 0.4) is 0 Å². The molecule has 1 aliphatic heterocycles. The highest BCUT2D eigenvalue weighted by Crippen LogP contribution is 2.32. The summed E-state index contributed by atoms with van der Waals surface area (Å²) in [5.74, 6) is 1.23. The molecule has 0 atom stereocenters. The van der Waals surface area contributed by atoms with Crippen molar-refractivity contribution in [2.24, 2.45) is 11.8 Å². The van der Waals surface area contributed by atoms with Gasteiger partial charge in [0, 0.05) is 23.2 Å². The number of piperidine rings is 1. The van der Waals surface area contributed by atoms with Gasteiger partial charge in [-0.25, -0.2) is 8.42 Å². The molecule has 0 aromatic heterocycles. The van der Waals surface area contributed by atoms with Crippen LogP contribution in [0.2, 0.25) is 0 Å². The lowest BCUT2D eigenvalue weighted by molar-refractivity contribution is 0.226. The van der Waals surface area contributed by atoms with Crippen LogP contribution < -0.4 is 5.73 Å². The smallest absolute Gasteiger partial charge is 0.243 e. The molecule has 0 unspecified atom stereocenters. The van der Waals surface area contributed by atoms with E-state index in [1.807, 2.05) is 0 Å². The van der Waals surface area contributed by atoms with E-state index in [0.29, 0.717) is 45.5 Å². The van der Waals surface area contributed by atoms with E-state index in [-0.39, 0.29) is 0 Å². The van der Waals surface area contributed by atoms with E-state index in [1.165, 1.54) is 0 Å². The Morgan fingerprint density at radius 1 is 1.29 bits per heavy atom. The summed E-state index contributed by atoms with van der Waals surface area (Å²) in [5, 5.41) is 0. The van der Waals surface area contributed by atoms with Crippen LogP contribution in [0.5, 0.6) is 0 Å². The second-order valence-corrected chi connectivity index (χ2v) is 8.93. The molecular formula is C15H23BrN2O2S. The predicted octanol–water partition coefficient (Wildman–Crippen LogP) is 3.40. The Morgan fingerprint density at radius 2 is 1.86 bits per heavy atom. The van der Waals surface area contributed by atoms with Gasteiger partial charge < -0.3 is 5.73 Å². The summed E-state index contributed by atoms with van der Waals surface area (Å²) in [4.78, 5) is 0.317. The molecule has 0 saturated carbocycles. The van der Waals surface area contributed by atoms with Gasteiger partial charge >= 0.3 is 0 Å². The fourth-order valence-electron chi connectivity index (χ4n) is 2.86. The van der Waals surface area contributed by atoms with Crippen molar-refractivity contribution in [2.75, 3.05) is 18.8 Å². The van der Waals surface area contributed by atoms with Gasteiger partial charge in [-0.2, -0.15) is 4.31 Å². The molecule has 118 valence electrons. The Bertz CT molecular complexity index is 621. The lowest BCUT2D eigenvalue weighted by atomic mass is 9.87. The average molecular weight is 375 g/mol.